The van der Waals surface area contributed by atoms with Gasteiger partial charge in [-0.3, -0.25) is 9.59 Å². The molecule has 0 aliphatic carbocycles. The molecule has 92 valence electrons. The predicted octanol–water partition coefficient (Wildman–Crippen LogP) is 0.941. The van der Waals surface area contributed by atoms with Gasteiger partial charge in [-0.2, -0.15) is 5.26 Å². The summed E-state index contributed by atoms with van der Waals surface area (Å²) in [6.45, 7) is 2.23. The van der Waals surface area contributed by atoms with E-state index in [1.54, 1.807) is 18.2 Å². The Morgan fingerprint density at radius 1 is 1.56 bits per heavy atom. The van der Waals surface area contributed by atoms with Crippen molar-refractivity contribution in [3.05, 3.63) is 29.3 Å². The second-order valence-corrected chi connectivity index (χ2v) is 4.34. The molecule has 5 heteroatoms. The minimum atomic E-state index is -0.331. The van der Waals surface area contributed by atoms with Gasteiger partial charge < -0.3 is 10.6 Å². The number of anilines is 1. The van der Waals surface area contributed by atoms with Crippen molar-refractivity contribution in [2.24, 2.45) is 5.92 Å². The average molecular weight is 243 g/mol. The molecule has 2 N–H and O–H groups in total. The molecule has 1 aliphatic heterocycles. The fraction of sp³-hybridized carbons (Fsp3) is 0.308. The maximum atomic E-state index is 11.9. The number of nitriles is 1. The van der Waals surface area contributed by atoms with Crippen molar-refractivity contribution in [3.63, 3.8) is 0 Å². The van der Waals surface area contributed by atoms with Crippen LogP contribution in [0.15, 0.2) is 18.2 Å². The molecule has 1 heterocycles. The summed E-state index contributed by atoms with van der Waals surface area (Å²) >= 11 is 0. The Kier molecular flexibility index (Phi) is 3.28. The Morgan fingerprint density at radius 3 is 2.94 bits per heavy atom. The predicted molar refractivity (Wildman–Crippen MR) is 65.6 cm³/mol. The highest BCUT2D eigenvalue weighted by atomic mass is 16.2. The lowest BCUT2D eigenvalue weighted by molar-refractivity contribution is -0.123. The van der Waals surface area contributed by atoms with Crippen LogP contribution in [-0.4, -0.2) is 18.4 Å². The minimum absolute atomic E-state index is 0.0994. The number of amides is 2. The van der Waals surface area contributed by atoms with Crippen LogP contribution in [-0.2, 0) is 9.59 Å². The largest absolute Gasteiger partial charge is 0.355 e. The number of nitrogens with one attached hydrogen (secondary N) is 2. The van der Waals surface area contributed by atoms with E-state index in [0.717, 1.165) is 5.56 Å². The van der Waals surface area contributed by atoms with Crippen LogP contribution >= 0.6 is 0 Å². The molecule has 18 heavy (non-hydrogen) atoms. The Balaban J connectivity index is 2.12. The zero-order valence-electron chi connectivity index (χ0n) is 9.99. The van der Waals surface area contributed by atoms with E-state index in [0.29, 0.717) is 17.8 Å². The lowest BCUT2D eigenvalue weighted by Crippen LogP contribution is -2.25. The summed E-state index contributed by atoms with van der Waals surface area (Å²) in [4.78, 5) is 23.0. The third-order valence-corrected chi connectivity index (χ3v) is 2.97. The van der Waals surface area contributed by atoms with Crippen molar-refractivity contribution in [3.8, 4) is 6.07 Å². The number of hydrogen-bond acceptors (Lipinski definition) is 3. The van der Waals surface area contributed by atoms with Gasteiger partial charge in [0, 0.05) is 18.7 Å². The van der Waals surface area contributed by atoms with E-state index in [2.05, 4.69) is 10.6 Å². The molecule has 0 saturated carbocycles. The van der Waals surface area contributed by atoms with E-state index in [1.165, 1.54) is 0 Å². The van der Waals surface area contributed by atoms with Gasteiger partial charge in [-0.25, -0.2) is 0 Å². The summed E-state index contributed by atoms with van der Waals surface area (Å²) in [5.74, 6) is -0.619. The number of hydrogen-bond donors (Lipinski definition) is 2. The first-order chi connectivity index (χ1) is 8.60. The molecule has 1 fully saturated rings. The second kappa shape index (κ2) is 4.88. The summed E-state index contributed by atoms with van der Waals surface area (Å²) in [7, 11) is 0. The SMILES string of the molecule is Cc1ccc(C#N)cc1NC(=O)C1CNC(=O)C1. The van der Waals surface area contributed by atoms with Crippen LogP contribution in [0.25, 0.3) is 0 Å². The standard InChI is InChI=1S/C13H13N3O2/c1-8-2-3-9(6-14)4-11(8)16-13(18)10-5-12(17)15-7-10/h2-4,10H,5,7H2,1H3,(H,15,17)(H,16,18). The quantitative estimate of drug-likeness (QED) is 0.811. The van der Waals surface area contributed by atoms with E-state index < -0.39 is 0 Å². The van der Waals surface area contributed by atoms with Gasteiger partial charge in [0.25, 0.3) is 0 Å². The van der Waals surface area contributed by atoms with Gasteiger partial charge in [0.05, 0.1) is 17.6 Å². The van der Waals surface area contributed by atoms with Crippen LogP contribution < -0.4 is 10.6 Å². The first-order valence-corrected chi connectivity index (χ1v) is 5.68. The van der Waals surface area contributed by atoms with E-state index in [9.17, 15) is 9.59 Å². The molecule has 0 radical (unpaired) electrons. The van der Waals surface area contributed by atoms with Crippen molar-refractivity contribution < 1.29 is 9.59 Å². The van der Waals surface area contributed by atoms with Crippen LogP contribution in [0.4, 0.5) is 5.69 Å². The van der Waals surface area contributed by atoms with Crippen molar-refractivity contribution >= 4 is 17.5 Å². The van der Waals surface area contributed by atoms with E-state index in [-0.39, 0.29) is 24.2 Å². The van der Waals surface area contributed by atoms with Gasteiger partial charge >= 0.3 is 0 Å². The molecule has 2 rings (SSSR count). The highest BCUT2D eigenvalue weighted by Gasteiger charge is 2.28. The summed E-state index contributed by atoms with van der Waals surface area (Å²) in [5.41, 5.74) is 2.01. The molecule has 1 aromatic carbocycles. The molecule has 0 spiro atoms. The molecule has 1 saturated heterocycles. The summed E-state index contributed by atoms with van der Waals surface area (Å²) in [5, 5.41) is 14.2. The first-order valence-electron chi connectivity index (χ1n) is 5.68. The van der Waals surface area contributed by atoms with Crippen molar-refractivity contribution in [1.82, 2.24) is 5.32 Å². The van der Waals surface area contributed by atoms with E-state index >= 15 is 0 Å². The Hall–Kier alpha value is -2.35. The van der Waals surface area contributed by atoms with E-state index in [1.807, 2.05) is 13.0 Å². The Labute approximate surface area is 105 Å². The Morgan fingerprint density at radius 2 is 2.33 bits per heavy atom. The molecule has 1 atom stereocenters. The van der Waals surface area contributed by atoms with Gasteiger partial charge in [0.15, 0.2) is 0 Å². The Bertz CT molecular complexity index is 546. The van der Waals surface area contributed by atoms with Crippen LogP contribution in [0.1, 0.15) is 17.5 Å². The number of rotatable bonds is 2. The zero-order chi connectivity index (χ0) is 13.1. The first kappa shape index (κ1) is 12.1. The lowest BCUT2D eigenvalue weighted by atomic mass is 10.1. The summed E-state index contributed by atoms with van der Waals surface area (Å²) in [6, 6.07) is 7.15. The maximum Gasteiger partial charge on any atom is 0.229 e. The molecule has 2 amide bonds. The monoisotopic (exact) mass is 243 g/mol. The molecule has 0 bridgehead atoms. The van der Waals surface area contributed by atoms with E-state index in [4.69, 9.17) is 5.26 Å². The van der Waals surface area contributed by atoms with Crippen LogP contribution in [0.5, 0.6) is 0 Å². The molecule has 0 aromatic heterocycles. The lowest BCUT2D eigenvalue weighted by Gasteiger charge is -2.11. The highest BCUT2D eigenvalue weighted by Crippen LogP contribution is 2.19. The maximum absolute atomic E-state index is 11.9. The number of aryl methyl sites for hydroxylation is 1. The molecular weight excluding hydrogens is 230 g/mol. The van der Waals surface area contributed by atoms with Crippen LogP contribution in [0.2, 0.25) is 0 Å². The number of nitrogens with zero attached hydrogens (tertiary/aromatic N) is 1. The molecule has 1 aromatic rings. The van der Waals surface area contributed by atoms with Crippen LogP contribution in [0, 0.1) is 24.2 Å². The van der Waals surface area contributed by atoms with Crippen LogP contribution in [0.3, 0.4) is 0 Å². The topological polar surface area (TPSA) is 82.0 Å². The third kappa shape index (κ3) is 2.48. The molecule has 5 nitrogen and oxygen atoms in total. The molecule has 1 aliphatic rings. The summed E-state index contributed by atoms with van der Waals surface area (Å²) in [6.07, 6.45) is 0.225. The zero-order valence-corrected chi connectivity index (χ0v) is 9.99. The summed E-state index contributed by atoms with van der Waals surface area (Å²) < 4.78 is 0. The van der Waals surface area contributed by atoms with Crippen molar-refractivity contribution in [2.45, 2.75) is 13.3 Å². The molecule has 1 unspecified atom stereocenters. The van der Waals surface area contributed by atoms with Gasteiger partial charge in [-0.1, -0.05) is 6.07 Å². The normalized spacial score (nSPS) is 18.0. The van der Waals surface area contributed by atoms with Gasteiger partial charge in [-0.15, -0.1) is 0 Å². The fourth-order valence-corrected chi connectivity index (χ4v) is 1.85. The molecular formula is C13H13N3O2. The van der Waals surface area contributed by atoms with Crippen molar-refractivity contribution in [1.29, 1.82) is 5.26 Å². The second-order valence-electron chi connectivity index (χ2n) is 4.34. The number of carbonyl (C=O) groups is 2. The third-order valence-electron chi connectivity index (χ3n) is 2.97. The van der Waals surface area contributed by atoms with Crippen molar-refractivity contribution in [2.75, 3.05) is 11.9 Å². The minimum Gasteiger partial charge on any atom is -0.355 e. The van der Waals surface area contributed by atoms with Gasteiger partial charge in [0.2, 0.25) is 11.8 Å². The van der Waals surface area contributed by atoms with Gasteiger partial charge in [0.1, 0.15) is 0 Å². The number of carbonyl (C=O) groups excluding carboxylic acids is 2. The number of benzene rings is 1. The fourth-order valence-electron chi connectivity index (χ4n) is 1.85. The smallest absolute Gasteiger partial charge is 0.229 e. The highest BCUT2D eigenvalue weighted by molar-refractivity contribution is 5.97. The van der Waals surface area contributed by atoms with Gasteiger partial charge in [-0.05, 0) is 24.6 Å². The average Bonchev–Trinajstić information content (AvgIpc) is 2.79.